The van der Waals surface area contributed by atoms with Crippen LogP contribution in [0.4, 0.5) is 0 Å². The van der Waals surface area contributed by atoms with Crippen molar-refractivity contribution in [1.82, 2.24) is 10.2 Å². The summed E-state index contributed by atoms with van der Waals surface area (Å²) in [7, 11) is 0. The van der Waals surface area contributed by atoms with Gasteiger partial charge in [-0.25, -0.2) is 0 Å². The van der Waals surface area contributed by atoms with Gasteiger partial charge in [0.2, 0.25) is 11.8 Å². The molecular weight excluding hydrogens is 264 g/mol. The first kappa shape index (κ1) is 14.9. The molecule has 2 saturated carbocycles. The summed E-state index contributed by atoms with van der Waals surface area (Å²) in [5, 5.41) is 3.02. The maximum Gasteiger partial charge on any atom is 0.246 e. The normalized spacial score (nSPS) is 35.5. The summed E-state index contributed by atoms with van der Waals surface area (Å²) < 4.78 is 0. The summed E-state index contributed by atoms with van der Waals surface area (Å²) in [6, 6.07) is 0.0117. The van der Waals surface area contributed by atoms with E-state index in [-0.39, 0.29) is 23.9 Å². The molecule has 118 valence electrons. The van der Waals surface area contributed by atoms with Crippen molar-refractivity contribution in [3.8, 4) is 0 Å². The molecule has 3 aliphatic rings. The van der Waals surface area contributed by atoms with Gasteiger partial charge in [-0.05, 0) is 44.9 Å². The van der Waals surface area contributed by atoms with Crippen LogP contribution in [0.2, 0.25) is 0 Å². The van der Waals surface area contributed by atoms with Crippen LogP contribution in [-0.4, -0.2) is 34.3 Å². The molecule has 2 atom stereocenters. The molecule has 21 heavy (non-hydrogen) atoms. The Kier molecular flexibility index (Phi) is 3.98. The molecule has 4 nitrogen and oxygen atoms in total. The molecule has 1 aliphatic heterocycles. The quantitative estimate of drug-likeness (QED) is 0.813. The Morgan fingerprint density at radius 3 is 2.24 bits per heavy atom. The van der Waals surface area contributed by atoms with Gasteiger partial charge in [0.05, 0.1) is 0 Å². The largest absolute Gasteiger partial charge is 0.342 e. The van der Waals surface area contributed by atoms with E-state index in [9.17, 15) is 9.59 Å². The number of carbonyl (C=O) groups is 2. The Morgan fingerprint density at radius 1 is 1.10 bits per heavy atom. The van der Waals surface area contributed by atoms with E-state index in [1.54, 1.807) is 0 Å². The van der Waals surface area contributed by atoms with Gasteiger partial charge in [0.15, 0.2) is 0 Å². The molecule has 3 fully saturated rings. The average Bonchev–Trinajstić information content (AvgIpc) is 3.30. The van der Waals surface area contributed by atoms with E-state index in [1.165, 1.54) is 25.7 Å². The number of carbonyl (C=O) groups excluding carboxylic acids is 2. The zero-order chi connectivity index (χ0) is 15.0. The Morgan fingerprint density at radius 2 is 1.71 bits per heavy atom. The van der Waals surface area contributed by atoms with Crippen molar-refractivity contribution in [2.24, 2.45) is 5.92 Å². The summed E-state index contributed by atoms with van der Waals surface area (Å²) >= 11 is 0. The van der Waals surface area contributed by atoms with Crippen LogP contribution >= 0.6 is 0 Å². The molecule has 2 amide bonds. The molecule has 4 heteroatoms. The molecule has 0 aromatic carbocycles. The Labute approximate surface area is 127 Å². The van der Waals surface area contributed by atoms with Crippen LogP contribution in [0.5, 0.6) is 0 Å². The molecule has 3 rings (SSSR count). The van der Waals surface area contributed by atoms with Crippen molar-refractivity contribution in [3.05, 3.63) is 0 Å². The molecule has 0 aromatic rings. The van der Waals surface area contributed by atoms with E-state index in [1.807, 2.05) is 18.7 Å². The van der Waals surface area contributed by atoms with Gasteiger partial charge in [-0.1, -0.05) is 32.6 Å². The van der Waals surface area contributed by atoms with Crippen molar-refractivity contribution in [3.63, 3.8) is 0 Å². The summed E-state index contributed by atoms with van der Waals surface area (Å²) in [6.07, 6.45) is 9.87. The third kappa shape index (κ3) is 2.58. The monoisotopic (exact) mass is 292 g/mol. The van der Waals surface area contributed by atoms with E-state index >= 15 is 0 Å². The van der Waals surface area contributed by atoms with Gasteiger partial charge >= 0.3 is 0 Å². The third-order valence-electron chi connectivity index (χ3n) is 5.78. The standard InChI is InChI=1S/C17H28N2O2/c1-3-17(2)16(21)18-14(12-10-11-12)15(20)19(17)13-8-6-4-5-7-9-13/h12-14H,3-11H2,1-2H3,(H,18,21). The molecule has 1 heterocycles. The van der Waals surface area contributed by atoms with E-state index < -0.39 is 5.54 Å². The van der Waals surface area contributed by atoms with Gasteiger partial charge in [0.1, 0.15) is 11.6 Å². The van der Waals surface area contributed by atoms with Crippen molar-refractivity contribution < 1.29 is 9.59 Å². The highest BCUT2D eigenvalue weighted by Crippen LogP contribution is 2.39. The third-order valence-corrected chi connectivity index (χ3v) is 5.78. The molecular formula is C17H28N2O2. The molecule has 1 N–H and O–H groups in total. The van der Waals surface area contributed by atoms with Crippen LogP contribution < -0.4 is 5.32 Å². The number of nitrogens with zero attached hydrogens (tertiary/aromatic N) is 1. The maximum atomic E-state index is 13.0. The fourth-order valence-electron chi connectivity index (χ4n) is 4.04. The van der Waals surface area contributed by atoms with Crippen LogP contribution in [-0.2, 0) is 9.59 Å². The minimum absolute atomic E-state index is 0.0609. The van der Waals surface area contributed by atoms with Gasteiger partial charge in [0.25, 0.3) is 0 Å². The SMILES string of the molecule is CCC1(C)C(=O)NC(C2CC2)C(=O)N1C1CCCCCC1. The number of hydrogen-bond donors (Lipinski definition) is 1. The summed E-state index contributed by atoms with van der Waals surface area (Å²) in [5.41, 5.74) is -0.655. The van der Waals surface area contributed by atoms with E-state index in [4.69, 9.17) is 0 Å². The summed E-state index contributed by atoms with van der Waals surface area (Å²) in [4.78, 5) is 27.7. The van der Waals surface area contributed by atoms with Gasteiger partial charge in [-0.15, -0.1) is 0 Å². The van der Waals surface area contributed by atoms with Crippen LogP contribution in [0.15, 0.2) is 0 Å². The Bertz CT molecular complexity index is 425. The molecule has 0 bridgehead atoms. The van der Waals surface area contributed by atoms with Crippen molar-refractivity contribution in [1.29, 1.82) is 0 Å². The number of piperazine rings is 1. The fourth-order valence-corrected chi connectivity index (χ4v) is 4.04. The lowest BCUT2D eigenvalue weighted by atomic mass is 9.86. The number of nitrogens with one attached hydrogen (secondary N) is 1. The predicted octanol–water partition coefficient (Wildman–Crippen LogP) is 2.61. The lowest BCUT2D eigenvalue weighted by molar-refractivity contribution is -0.161. The molecule has 0 aromatic heterocycles. The van der Waals surface area contributed by atoms with Crippen molar-refractivity contribution >= 4 is 11.8 Å². The molecule has 0 radical (unpaired) electrons. The smallest absolute Gasteiger partial charge is 0.246 e. The predicted molar refractivity (Wildman–Crippen MR) is 81.7 cm³/mol. The molecule has 0 spiro atoms. The zero-order valence-corrected chi connectivity index (χ0v) is 13.4. The second-order valence-electron chi connectivity index (χ2n) is 7.27. The highest BCUT2D eigenvalue weighted by atomic mass is 16.2. The molecule has 2 aliphatic carbocycles. The first-order valence-electron chi connectivity index (χ1n) is 8.72. The summed E-state index contributed by atoms with van der Waals surface area (Å²) in [5.74, 6) is 0.634. The number of hydrogen-bond acceptors (Lipinski definition) is 2. The summed E-state index contributed by atoms with van der Waals surface area (Å²) in [6.45, 7) is 3.97. The first-order valence-corrected chi connectivity index (χ1v) is 8.72. The molecule has 2 unspecified atom stereocenters. The van der Waals surface area contributed by atoms with Crippen LogP contribution in [0.1, 0.15) is 71.6 Å². The topological polar surface area (TPSA) is 49.4 Å². The molecule has 1 saturated heterocycles. The van der Waals surface area contributed by atoms with E-state index in [0.717, 1.165) is 25.7 Å². The van der Waals surface area contributed by atoms with Crippen molar-refractivity contribution in [2.75, 3.05) is 0 Å². The van der Waals surface area contributed by atoms with Crippen LogP contribution in [0, 0.1) is 5.92 Å². The minimum atomic E-state index is -0.655. The second kappa shape index (κ2) is 5.62. The zero-order valence-electron chi connectivity index (χ0n) is 13.4. The van der Waals surface area contributed by atoms with Crippen LogP contribution in [0.25, 0.3) is 0 Å². The minimum Gasteiger partial charge on any atom is -0.342 e. The highest BCUT2D eigenvalue weighted by Gasteiger charge is 2.53. The Hall–Kier alpha value is -1.06. The van der Waals surface area contributed by atoms with E-state index in [2.05, 4.69) is 5.32 Å². The lowest BCUT2D eigenvalue weighted by Gasteiger charge is -2.49. The average molecular weight is 292 g/mol. The van der Waals surface area contributed by atoms with Crippen LogP contribution in [0.3, 0.4) is 0 Å². The van der Waals surface area contributed by atoms with Gasteiger partial charge < -0.3 is 10.2 Å². The Balaban J connectivity index is 1.89. The second-order valence-corrected chi connectivity index (χ2v) is 7.27. The fraction of sp³-hybridized carbons (Fsp3) is 0.882. The highest BCUT2D eigenvalue weighted by molar-refractivity contribution is 6.00. The number of rotatable bonds is 3. The van der Waals surface area contributed by atoms with E-state index in [0.29, 0.717) is 12.3 Å². The van der Waals surface area contributed by atoms with Gasteiger partial charge in [-0.2, -0.15) is 0 Å². The lowest BCUT2D eigenvalue weighted by Crippen LogP contribution is -2.71. The first-order chi connectivity index (χ1) is 10.1. The maximum absolute atomic E-state index is 13.0. The van der Waals surface area contributed by atoms with Crippen molar-refractivity contribution in [2.45, 2.75) is 89.3 Å². The number of amides is 2. The van der Waals surface area contributed by atoms with Gasteiger partial charge in [0, 0.05) is 6.04 Å². The van der Waals surface area contributed by atoms with Gasteiger partial charge in [-0.3, -0.25) is 9.59 Å².